The first-order valence-corrected chi connectivity index (χ1v) is 10.3. The number of benzene rings is 2. The van der Waals surface area contributed by atoms with Crippen LogP contribution < -0.4 is 10.1 Å². The molecule has 1 aliphatic carbocycles. The third-order valence-electron chi connectivity index (χ3n) is 5.58. The van der Waals surface area contributed by atoms with Gasteiger partial charge in [-0.3, -0.25) is 0 Å². The normalized spacial score (nSPS) is 20.7. The van der Waals surface area contributed by atoms with E-state index in [1.165, 1.54) is 0 Å². The maximum absolute atomic E-state index is 14.6. The Bertz CT molecular complexity index is 969. The Labute approximate surface area is 175 Å². The highest BCUT2D eigenvalue weighted by molar-refractivity contribution is 6.30. The van der Waals surface area contributed by atoms with Gasteiger partial charge in [-0.2, -0.15) is 0 Å². The lowest BCUT2D eigenvalue weighted by molar-refractivity contribution is 0.00695. The highest BCUT2D eigenvalue weighted by atomic mass is 35.5. The number of carbonyl (C=O) groups excluding carboxylic acids is 1. The van der Waals surface area contributed by atoms with E-state index in [0.717, 1.165) is 24.1 Å². The van der Waals surface area contributed by atoms with Crippen LogP contribution in [0.5, 0.6) is 5.75 Å². The second kappa shape index (κ2) is 7.21. The zero-order valence-corrected chi connectivity index (χ0v) is 17.7. The molecule has 0 aromatic heterocycles. The minimum Gasteiger partial charge on any atom is -0.490 e. The van der Waals surface area contributed by atoms with Crippen LogP contribution in [0.15, 0.2) is 30.3 Å². The molecule has 154 valence electrons. The van der Waals surface area contributed by atoms with E-state index in [1.807, 2.05) is 26.8 Å². The number of rotatable bonds is 1. The van der Waals surface area contributed by atoms with Crippen LogP contribution in [0.25, 0.3) is 0 Å². The van der Waals surface area contributed by atoms with Crippen LogP contribution in [0.2, 0.25) is 5.02 Å². The lowest BCUT2D eigenvalue weighted by Crippen LogP contribution is -2.42. The van der Waals surface area contributed by atoms with Gasteiger partial charge in [0.1, 0.15) is 17.2 Å². The number of hydrogen-bond acceptors (Lipinski definition) is 4. The number of esters is 1. The van der Waals surface area contributed by atoms with Gasteiger partial charge >= 0.3 is 5.97 Å². The molecule has 4 rings (SSSR count). The summed E-state index contributed by atoms with van der Waals surface area (Å²) in [5, 5.41) is 3.59. The summed E-state index contributed by atoms with van der Waals surface area (Å²) in [4.78, 5) is 12.4. The van der Waals surface area contributed by atoms with Gasteiger partial charge in [0, 0.05) is 12.0 Å². The van der Waals surface area contributed by atoms with Gasteiger partial charge in [-0.15, -0.1) is 0 Å². The highest BCUT2D eigenvalue weighted by Crippen LogP contribution is 2.43. The molecule has 4 nitrogen and oxygen atoms in total. The van der Waals surface area contributed by atoms with E-state index < -0.39 is 5.60 Å². The molecule has 1 N–H and O–H groups in total. The van der Waals surface area contributed by atoms with E-state index >= 15 is 0 Å². The van der Waals surface area contributed by atoms with E-state index in [-0.39, 0.29) is 22.2 Å². The third-order valence-corrected chi connectivity index (χ3v) is 5.88. The second-order valence-electron chi connectivity index (χ2n) is 8.88. The minimum absolute atomic E-state index is 0.161. The number of hydrogen-bond donors (Lipinski definition) is 1. The van der Waals surface area contributed by atoms with E-state index in [2.05, 4.69) is 5.32 Å². The molecule has 6 heteroatoms. The predicted molar refractivity (Wildman–Crippen MR) is 112 cm³/mol. The predicted octanol–water partition coefficient (Wildman–Crippen LogP) is 5.51. The third kappa shape index (κ3) is 3.80. The maximum atomic E-state index is 14.6. The Morgan fingerprint density at radius 3 is 2.83 bits per heavy atom. The Balaban J connectivity index is 1.63. The molecule has 0 bridgehead atoms. The molecule has 0 fully saturated rings. The van der Waals surface area contributed by atoms with Crippen molar-refractivity contribution in [3.05, 3.63) is 57.9 Å². The fourth-order valence-corrected chi connectivity index (χ4v) is 4.37. The van der Waals surface area contributed by atoms with Crippen molar-refractivity contribution < 1.29 is 18.7 Å². The monoisotopic (exact) mass is 417 g/mol. The SMILES string of the molecule is CC(C)(C)OC(=O)c1ccc2c(c1)NC[C@@]1(CCCc3c1ccc(Cl)c3F)CO2. The van der Waals surface area contributed by atoms with Crippen molar-refractivity contribution >= 4 is 23.3 Å². The van der Waals surface area contributed by atoms with Gasteiger partial charge in [-0.05, 0) is 75.4 Å². The number of ether oxygens (including phenoxy) is 2. The molecule has 0 radical (unpaired) electrons. The number of carbonyl (C=O) groups is 1. The zero-order valence-electron chi connectivity index (χ0n) is 16.9. The highest BCUT2D eigenvalue weighted by Gasteiger charge is 2.40. The minimum atomic E-state index is -0.560. The van der Waals surface area contributed by atoms with Crippen molar-refractivity contribution in [2.45, 2.75) is 51.0 Å². The molecule has 0 amide bonds. The zero-order chi connectivity index (χ0) is 20.8. The van der Waals surface area contributed by atoms with Crippen LogP contribution in [-0.4, -0.2) is 24.7 Å². The van der Waals surface area contributed by atoms with Crippen molar-refractivity contribution in [3.63, 3.8) is 0 Å². The molecule has 2 aromatic rings. The average Bonchev–Trinajstić information content (AvgIpc) is 2.84. The standard InChI is InChI=1S/C23H25ClFNO3/c1-22(2,3)29-21(27)14-6-9-19-18(11-14)26-12-23(13-28-19)10-4-5-15-16(23)7-8-17(24)20(15)25/h6-9,11,26H,4-5,10,12-13H2,1-3H3/t23-/m0/s1. The lowest BCUT2D eigenvalue weighted by atomic mass is 9.70. The summed E-state index contributed by atoms with van der Waals surface area (Å²) >= 11 is 6.01. The smallest absolute Gasteiger partial charge is 0.338 e. The molecule has 29 heavy (non-hydrogen) atoms. The number of anilines is 1. The Morgan fingerprint density at radius 1 is 1.28 bits per heavy atom. The summed E-state index contributed by atoms with van der Waals surface area (Å²) in [6, 6.07) is 8.80. The number of nitrogens with one attached hydrogen (secondary N) is 1. The van der Waals surface area contributed by atoms with Crippen molar-refractivity contribution in [1.29, 1.82) is 0 Å². The Morgan fingerprint density at radius 2 is 2.07 bits per heavy atom. The van der Waals surface area contributed by atoms with Gasteiger partial charge in [0.25, 0.3) is 0 Å². The van der Waals surface area contributed by atoms with Gasteiger partial charge in [0.2, 0.25) is 0 Å². The Kier molecular flexibility index (Phi) is 4.97. The summed E-state index contributed by atoms with van der Waals surface area (Å²) in [6.07, 6.45) is 2.44. The summed E-state index contributed by atoms with van der Waals surface area (Å²) in [6.45, 7) is 6.54. The molecule has 1 spiro atoms. The van der Waals surface area contributed by atoms with Crippen molar-refractivity contribution in [3.8, 4) is 5.75 Å². The van der Waals surface area contributed by atoms with Crippen LogP contribution >= 0.6 is 11.6 Å². The lowest BCUT2D eigenvalue weighted by Gasteiger charge is -2.38. The van der Waals surface area contributed by atoms with Crippen LogP contribution in [0, 0.1) is 5.82 Å². The first kappa shape index (κ1) is 20.0. The molecule has 1 atom stereocenters. The molecule has 2 aromatic carbocycles. The fraction of sp³-hybridized carbons (Fsp3) is 0.435. The maximum Gasteiger partial charge on any atom is 0.338 e. The molecule has 1 aliphatic heterocycles. The van der Waals surface area contributed by atoms with Crippen LogP contribution in [0.1, 0.15) is 55.1 Å². The summed E-state index contributed by atoms with van der Waals surface area (Å²) in [5.41, 5.74) is 1.95. The van der Waals surface area contributed by atoms with Gasteiger partial charge < -0.3 is 14.8 Å². The van der Waals surface area contributed by atoms with Gasteiger partial charge in [0.15, 0.2) is 0 Å². The number of fused-ring (bicyclic) bond motifs is 3. The second-order valence-corrected chi connectivity index (χ2v) is 9.28. The molecular formula is C23H25ClFNO3. The van der Waals surface area contributed by atoms with Gasteiger partial charge in [0.05, 0.1) is 22.9 Å². The van der Waals surface area contributed by atoms with E-state index in [0.29, 0.717) is 36.4 Å². The van der Waals surface area contributed by atoms with E-state index in [4.69, 9.17) is 21.1 Å². The van der Waals surface area contributed by atoms with Crippen molar-refractivity contribution in [2.75, 3.05) is 18.5 Å². The van der Waals surface area contributed by atoms with Crippen molar-refractivity contribution in [1.82, 2.24) is 0 Å². The number of halogens is 2. The first-order chi connectivity index (χ1) is 13.7. The molecule has 0 unspecified atom stereocenters. The Hall–Kier alpha value is -2.27. The summed E-state index contributed by atoms with van der Waals surface area (Å²) in [7, 11) is 0. The van der Waals surface area contributed by atoms with Crippen LogP contribution in [0.3, 0.4) is 0 Å². The first-order valence-electron chi connectivity index (χ1n) is 9.90. The van der Waals surface area contributed by atoms with Gasteiger partial charge in [-0.25, -0.2) is 9.18 Å². The van der Waals surface area contributed by atoms with Crippen molar-refractivity contribution in [2.24, 2.45) is 0 Å². The van der Waals surface area contributed by atoms with Crippen LogP contribution in [-0.2, 0) is 16.6 Å². The molecule has 1 heterocycles. The topological polar surface area (TPSA) is 47.6 Å². The summed E-state index contributed by atoms with van der Waals surface area (Å²) < 4.78 is 26.2. The van der Waals surface area contributed by atoms with Crippen LogP contribution in [0.4, 0.5) is 10.1 Å². The van der Waals surface area contributed by atoms with Gasteiger partial charge in [-0.1, -0.05) is 17.7 Å². The largest absolute Gasteiger partial charge is 0.490 e. The molecule has 0 saturated carbocycles. The fourth-order valence-electron chi connectivity index (χ4n) is 4.19. The average molecular weight is 418 g/mol. The quantitative estimate of drug-likeness (QED) is 0.621. The van der Waals surface area contributed by atoms with E-state index in [9.17, 15) is 9.18 Å². The molecule has 2 aliphatic rings. The molecule has 0 saturated heterocycles. The van der Waals surface area contributed by atoms with E-state index in [1.54, 1.807) is 24.3 Å². The molecular weight excluding hydrogens is 393 g/mol. The summed E-state index contributed by atoms with van der Waals surface area (Å²) in [5.74, 6) is -0.0197.